The fourth-order valence-corrected chi connectivity index (χ4v) is 4.28. The van der Waals surface area contributed by atoms with E-state index < -0.39 is 0 Å². The Hall–Kier alpha value is -2.35. The van der Waals surface area contributed by atoms with E-state index in [-0.39, 0.29) is 5.91 Å². The van der Waals surface area contributed by atoms with Gasteiger partial charge >= 0.3 is 0 Å². The topological polar surface area (TPSA) is 61.8 Å². The quantitative estimate of drug-likeness (QED) is 0.699. The third-order valence-electron chi connectivity index (χ3n) is 5.51. The maximum Gasteiger partial charge on any atom is 0.255 e. The molecule has 0 bridgehead atoms. The minimum absolute atomic E-state index is 0.0204. The summed E-state index contributed by atoms with van der Waals surface area (Å²) in [6.07, 6.45) is 2.40. The van der Waals surface area contributed by atoms with Gasteiger partial charge < -0.3 is 19.4 Å². The molecule has 1 aromatic carbocycles. The Morgan fingerprint density at radius 3 is 2.41 bits per heavy atom. The second-order valence-corrected chi connectivity index (χ2v) is 8.34. The van der Waals surface area contributed by atoms with Gasteiger partial charge in [-0.2, -0.15) is 4.98 Å². The number of piperazine rings is 1. The van der Waals surface area contributed by atoms with Gasteiger partial charge in [0.25, 0.3) is 5.91 Å². The number of carbonyl (C=O) groups excluding carboxylic acids is 1. The molecule has 0 atom stereocenters. The maximum atomic E-state index is 13.0. The Balaban J connectivity index is 1.45. The van der Waals surface area contributed by atoms with Gasteiger partial charge in [0, 0.05) is 55.5 Å². The molecule has 29 heavy (non-hydrogen) atoms. The third kappa shape index (κ3) is 4.32. The highest BCUT2D eigenvalue weighted by Gasteiger charge is 2.25. The number of nitrogens with zero attached hydrogens (tertiary/aromatic N) is 5. The van der Waals surface area contributed by atoms with Crippen molar-refractivity contribution in [2.45, 2.75) is 19.8 Å². The Labute approximate surface area is 179 Å². The van der Waals surface area contributed by atoms with Crippen LogP contribution in [-0.4, -0.2) is 67.2 Å². The number of ether oxygens (including phenoxy) is 1. The lowest BCUT2D eigenvalue weighted by atomic mass is 10.1. The monoisotopic (exact) mass is 459 g/mol. The minimum Gasteiger partial charge on any atom is -0.497 e. The van der Waals surface area contributed by atoms with Crippen LogP contribution in [0.25, 0.3) is 0 Å². The molecule has 2 fully saturated rings. The number of rotatable bonds is 4. The molecule has 1 aromatic heterocycles. The standard InChI is InChI=1S/C21H26BrN5O2/c1-15-13-19(24-21(23-15)27-7-3-4-8-27)25-9-11-26(12-10-25)20(28)17-14-16(29-2)5-6-18(17)22/h5-6,13-14H,3-4,7-12H2,1-2H3. The summed E-state index contributed by atoms with van der Waals surface area (Å²) in [6.45, 7) is 6.90. The largest absolute Gasteiger partial charge is 0.497 e. The van der Waals surface area contributed by atoms with Crippen molar-refractivity contribution in [1.82, 2.24) is 14.9 Å². The van der Waals surface area contributed by atoms with Gasteiger partial charge in [0.1, 0.15) is 11.6 Å². The van der Waals surface area contributed by atoms with E-state index in [1.165, 1.54) is 12.8 Å². The molecule has 2 aliphatic heterocycles. The van der Waals surface area contributed by atoms with Crippen molar-refractivity contribution in [3.05, 3.63) is 40.0 Å². The van der Waals surface area contributed by atoms with Crippen LogP contribution in [0, 0.1) is 6.92 Å². The predicted octanol–water partition coefficient (Wildman–Crippen LogP) is 3.12. The first-order valence-corrected chi connectivity index (χ1v) is 10.8. The van der Waals surface area contributed by atoms with Crippen LogP contribution in [0.4, 0.5) is 11.8 Å². The van der Waals surface area contributed by atoms with E-state index in [2.05, 4.69) is 30.7 Å². The second-order valence-electron chi connectivity index (χ2n) is 7.49. The van der Waals surface area contributed by atoms with Crippen molar-refractivity contribution >= 4 is 33.6 Å². The number of aryl methyl sites for hydroxylation is 1. The average Bonchev–Trinajstić information content (AvgIpc) is 3.28. The number of carbonyl (C=O) groups is 1. The summed E-state index contributed by atoms with van der Waals surface area (Å²) in [5.74, 6) is 2.48. The molecule has 8 heteroatoms. The second kappa shape index (κ2) is 8.57. The summed E-state index contributed by atoms with van der Waals surface area (Å²) in [5.41, 5.74) is 1.61. The van der Waals surface area contributed by atoms with E-state index in [4.69, 9.17) is 9.72 Å². The molecule has 7 nitrogen and oxygen atoms in total. The van der Waals surface area contributed by atoms with Crippen molar-refractivity contribution in [3.8, 4) is 5.75 Å². The lowest BCUT2D eigenvalue weighted by Crippen LogP contribution is -2.49. The van der Waals surface area contributed by atoms with Crippen LogP contribution in [0.5, 0.6) is 5.75 Å². The molecule has 2 aromatic rings. The number of hydrogen-bond donors (Lipinski definition) is 0. The van der Waals surface area contributed by atoms with E-state index in [0.29, 0.717) is 24.4 Å². The molecule has 154 valence electrons. The number of aromatic nitrogens is 2. The van der Waals surface area contributed by atoms with Crippen molar-refractivity contribution in [2.75, 3.05) is 56.2 Å². The fourth-order valence-electron chi connectivity index (χ4n) is 3.86. The summed E-state index contributed by atoms with van der Waals surface area (Å²) in [7, 11) is 1.61. The number of anilines is 2. The molecule has 4 rings (SSSR count). The van der Waals surface area contributed by atoms with Crippen molar-refractivity contribution in [3.63, 3.8) is 0 Å². The van der Waals surface area contributed by atoms with Gasteiger partial charge in [-0.25, -0.2) is 4.98 Å². The zero-order chi connectivity index (χ0) is 20.4. The van der Waals surface area contributed by atoms with Gasteiger partial charge in [0.15, 0.2) is 0 Å². The lowest BCUT2D eigenvalue weighted by molar-refractivity contribution is 0.0745. The Bertz CT molecular complexity index is 893. The summed E-state index contributed by atoms with van der Waals surface area (Å²) in [5, 5.41) is 0. The summed E-state index contributed by atoms with van der Waals surface area (Å²) >= 11 is 3.49. The van der Waals surface area contributed by atoms with Gasteiger partial charge in [0.2, 0.25) is 5.95 Å². The van der Waals surface area contributed by atoms with Crippen LogP contribution in [0.1, 0.15) is 28.9 Å². The minimum atomic E-state index is 0.0204. The van der Waals surface area contributed by atoms with Crippen molar-refractivity contribution in [2.24, 2.45) is 0 Å². The summed E-state index contributed by atoms with van der Waals surface area (Å²) < 4.78 is 6.05. The third-order valence-corrected chi connectivity index (χ3v) is 6.20. The normalized spacial score (nSPS) is 17.0. The SMILES string of the molecule is COc1ccc(Br)c(C(=O)N2CCN(c3cc(C)nc(N4CCCC4)n3)CC2)c1. The molecule has 2 saturated heterocycles. The highest BCUT2D eigenvalue weighted by Crippen LogP contribution is 2.25. The predicted molar refractivity (Wildman–Crippen MR) is 117 cm³/mol. The van der Waals surface area contributed by atoms with E-state index in [9.17, 15) is 4.79 Å². The Morgan fingerprint density at radius 2 is 1.72 bits per heavy atom. The first kappa shape index (κ1) is 19.9. The van der Waals surface area contributed by atoms with Gasteiger partial charge in [0.05, 0.1) is 12.7 Å². The van der Waals surface area contributed by atoms with E-state index >= 15 is 0 Å². The molecule has 2 aliphatic rings. The molecular formula is C21H26BrN5O2. The summed E-state index contributed by atoms with van der Waals surface area (Å²) in [4.78, 5) is 28.9. The molecule has 0 aliphatic carbocycles. The Kier molecular flexibility index (Phi) is 5.89. The van der Waals surface area contributed by atoms with Crippen LogP contribution >= 0.6 is 15.9 Å². The number of benzene rings is 1. The maximum absolute atomic E-state index is 13.0. The van der Waals surface area contributed by atoms with Gasteiger partial charge in [-0.1, -0.05) is 0 Å². The van der Waals surface area contributed by atoms with Crippen LogP contribution in [0.3, 0.4) is 0 Å². The van der Waals surface area contributed by atoms with E-state index in [1.807, 2.05) is 30.0 Å². The number of amides is 1. The van der Waals surface area contributed by atoms with Crippen LogP contribution in [0.15, 0.2) is 28.7 Å². The molecule has 0 N–H and O–H groups in total. The smallest absolute Gasteiger partial charge is 0.255 e. The number of halogens is 1. The van der Waals surface area contributed by atoms with Crippen LogP contribution in [-0.2, 0) is 0 Å². The van der Waals surface area contributed by atoms with Crippen LogP contribution < -0.4 is 14.5 Å². The number of methoxy groups -OCH3 is 1. The Morgan fingerprint density at radius 1 is 1.00 bits per heavy atom. The van der Waals surface area contributed by atoms with E-state index in [0.717, 1.165) is 48.1 Å². The van der Waals surface area contributed by atoms with Gasteiger partial charge in [-0.15, -0.1) is 0 Å². The highest BCUT2D eigenvalue weighted by atomic mass is 79.9. The lowest BCUT2D eigenvalue weighted by Gasteiger charge is -2.36. The highest BCUT2D eigenvalue weighted by molar-refractivity contribution is 9.10. The first-order valence-electron chi connectivity index (χ1n) is 10.0. The molecule has 0 unspecified atom stereocenters. The zero-order valence-electron chi connectivity index (χ0n) is 16.9. The molecular weight excluding hydrogens is 434 g/mol. The first-order chi connectivity index (χ1) is 14.0. The van der Waals surface area contributed by atoms with Crippen molar-refractivity contribution < 1.29 is 9.53 Å². The van der Waals surface area contributed by atoms with Gasteiger partial charge in [-0.3, -0.25) is 4.79 Å². The molecule has 1 amide bonds. The fraction of sp³-hybridized carbons (Fsp3) is 0.476. The molecule has 0 saturated carbocycles. The summed E-state index contributed by atoms with van der Waals surface area (Å²) in [6, 6.07) is 7.52. The van der Waals surface area contributed by atoms with E-state index in [1.54, 1.807) is 13.2 Å². The average molecular weight is 460 g/mol. The van der Waals surface area contributed by atoms with Crippen LogP contribution in [0.2, 0.25) is 0 Å². The van der Waals surface area contributed by atoms with Gasteiger partial charge in [-0.05, 0) is 53.9 Å². The molecule has 3 heterocycles. The molecule has 0 radical (unpaired) electrons. The number of hydrogen-bond acceptors (Lipinski definition) is 6. The molecule has 0 spiro atoms. The van der Waals surface area contributed by atoms with Crippen molar-refractivity contribution in [1.29, 1.82) is 0 Å². The zero-order valence-corrected chi connectivity index (χ0v) is 18.5.